The van der Waals surface area contributed by atoms with Gasteiger partial charge >= 0.3 is 0 Å². The van der Waals surface area contributed by atoms with Crippen LogP contribution in [0.4, 0.5) is 5.69 Å². The fourth-order valence-electron chi connectivity index (χ4n) is 2.19. The van der Waals surface area contributed by atoms with Crippen LogP contribution in [0.15, 0.2) is 23.6 Å². The van der Waals surface area contributed by atoms with Crippen molar-refractivity contribution in [1.82, 2.24) is 10.3 Å². The highest BCUT2D eigenvalue weighted by Crippen LogP contribution is 2.28. The van der Waals surface area contributed by atoms with Gasteiger partial charge in [0.2, 0.25) is 0 Å². The number of benzene rings is 1. The number of nitrogens with one attached hydrogen (secondary N) is 2. The summed E-state index contributed by atoms with van der Waals surface area (Å²) in [6, 6.07) is 5.86. The van der Waals surface area contributed by atoms with Crippen LogP contribution in [-0.2, 0) is 17.8 Å². The molecule has 2 aromatic rings. The number of hydrogen-bond donors (Lipinski definition) is 2. The highest BCUT2D eigenvalue weighted by molar-refractivity contribution is 7.09. The quantitative estimate of drug-likeness (QED) is 0.831. The van der Waals surface area contributed by atoms with Crippen LogP contribution in [-0.4, -0.2) is 24.0 Å². The van der Waals surface area contributed by atoms with E-state index < -0.39 is 0 Å². The summed E-state index contributed by atoms with van der Waals surface area (Å²) >= 11 is 1.70. The van der Waals surface area contributed by atoms with E-state index >= 15 is 0 Å². The number of carbonyl (C=O) groups excluding carboxylic acids is 1. The average Bonchev–Trinajstić information content (AvgIpc) is 2.89. The van der Waals surface area contributed by atoms with Crippen molar-refractivity contribution in [3.8, 4) is 5.75 Å². The zero-order chi connectivity index (χ0) is 14.7. The number of anilines is 1. The normalized spacial score (nSPS) is 13.5. The molecule has 6 heteroatoms. The molecule has 110 valence electrons. The van der Waals surface area contributed by atoms with Crippen molar-refractivity contribution >= 4 is 22.9 Å². The van der Waals surface area contributed by atoms with E-state index in [4.69, 9.17) is 4.74 Å². The van der Waals surface area contributed by atoms with Crippen LogP contribution >= 0.6 is 11.3 Å². The minimum Gasteiger partial charge on any atom is -0.482 e. The van der Waals surface area contributed by atoms with Crippen LogP contribution < -0.4 is 15.4 Å². The number of nitrogens with zero attached hydrogens (tertiary/aromatic N) is 1. The number of hydrogen-bond acceptors (Lipinski definition) is 5. The predicted octanol–water partition coefficient (Wildman–Crippen LogP) is 2.11. The molecule has 0 fully saturated rings. The van der Waals surface area contributed by atoms with Gasteiger partial charge in [0.25, 0.3) is 5.91 Å². The van der Waals surface area contributed by atoms with E-state index in [0.717, 1.165) is 47.2 Å². The molecule has 5 nitrogen and oxygen atoms in total. The van der Waals surface area contributed by atoms with Gasteiger partial charge in [-0.05, 0) is 24.6 Å². The summed E-state index contributed by atoms with van der Waals surface area (Å²) in [6.07, 6.45) is 0.934. The lowest BCUT2D eigenvalue weighted by atomic mass is 10.1. The lowest BCUT2D eigenvalue weighted by Gasteiger charge is -2.18. The van der Waals surface area contributed by atoms with E-state index in [1.165, 1.54) is 0 Å². The van der Waals surface area contributed by atoms with E-state index in [9.17, 15) is 4.79 Å². The highest BCUT2D eigenvalue weighted by Gasteiger charge is 2.15. The second kappa shape index (κ2) is 6.24. The number of thiazole rings is 1. The minimum atomic E-state index is -0.105. The van der Waals surface area contributed by atoms with E-state index in [1.807, 2.05) is 25.1 Å². The van der Waals surface area contributed by atoms with Crippen molar-refractivity contribution in [2.45, 2.75) is 19.9 Å². The SMILES string of the molecule is Cc1csc(CCNCc2ccc3c(c2)NC(=O)CO3)n1. The monoisotopic (exact) mass is 303 g/mol. The van der Waals surface area contributed by atoms with E-state index in [2.05, 4.69) is 21.0 Å². The Kier molecular flexibility index (Phi) is 4.17. The molecule has 2 heterocycles. The average molecular weight is 303 g/mol. The highest BCUT2D eigenvalue weighted by atomic mass is 32.1. The third kappa shape index (κ3) is 3.59. The number of aryl methyl sites for hydroxylation is 1. The number of aromatic nitrogens is 1. The number of carbonyl (C=O) groups is 1. The van der Waals surface area contributed by atoms with Gasteiger partial charge in [-0.3, -0.25) is 4.79 Å². The molecule has 3 rings (SSSR count). The molecular formula is C15H17N3O2S. The Labute approximate surface area is 127 Å². The third-order valence-corrected chi connectivity index (χ3v) is 4.21. The number of amides is 1. The molecule has 1 aromatic carbocycles. The fraction of sp³-hybridized carbons (Fsp3) is 0.333. The molecule has 1 aliphatic rings. The summed E-state index contributed by atoms with van der Waals surface area (Å²) in [5, 5.41) is 9.44. The summed E-state index contributed by atoms with van der Waals surface area (Å²) in [7, 11) is 0. The van der Waals surface area contributed by atoms with Gasteiger partial charge in [0.15, 0.2) is 6.61 Å². The molecule has 1 aliphatic heterocycles. The van der Waals surface area contributed by atoms with Crippen molar-refractivity contribution in [3.63, 3.8) is 0 Å². The topological polar surface area (TPSA) is 63.2 Å². The Morgan fingerprint density at radius 2 is 2.38 bits per heavy atom. The maximum atomic E-state index is 11.3. The standard InChI is InChI=1S/C15H17N3O2S/c1-10-9-21-15(17-10)4-5-16-7-11-2-3-13-12(6-11)18-14(19)8-20-13/h2-3,6,9,16H,4-5,7-8H2,1H3,(H,18,19). The Bertz CT molecular complexity index is 654. The van der Waals surface area contributed by atoms with Crippen molar-refractivity contribution in [1.29, 1.82) is 0 Å². The first-order valence-electron chi connectivity index (χ1n) is 6.88. The van der Waals surface area contributed by atoms with Crippen LogP contribution in [0.2, 0.25) is 0 Å². The first-order valence-corrected chi connectivity index (χ1v) is 7.76. The smallest absolute Gasteiger partial charge is 0.262 e. The van der Waals surface area contributed by atoms with Gasteiger partial charge < -0.3 is 15.4 Å². The molecule has 0 spiro atoms. The molecule has 0 radical (unpaired) electrons. The van der Waals surface area contributed by atoms with E-state index in [1.54, 1.807) is 11.3 Å². The number of ether oxygens (including phenoxy) is 1. The van der Waals surface area contributed by atoms with Gasteiger partial charge in [0, 0.05) is 30.6 Å². The molecular weight excluding hydrogens is 286 g/mol. The van der Waals surface area contributed by atoms with Gasteiger partial charge in [-0.15, -0.1) is 11.3 Å². The molecule has 0 saturated carbocycles. The summed E-state index contributed by atoms with van der Waals surface area (Å²) < 4.78 is 5.34. The van der Waals surface area contributed by atoms with Gasteiger partial charge in [-0.1, -0.05) is 6.07 Å². The van der Waals surface area contributed by atoms with Crippen LogP contribution in [0.5, 0.6) is 5.75 Å². The first kappa shape index (κ1) is 14.0. The molecule has 0 bridgehead atoms. The van der Waals surface area contributed by atoms with Gasteiger partial charge in [-0.2, -0.15) is 0 Å². The Hall–Kier alpha value is -1.92. The lowest BCUT2D eigenvalue weighted by molar-refractivity contribution is -0.118. The van der Waals surface area contributed by atoms with Crippen molar-refractivity contribution < 1.29 is 9.53 Å². The summed E-state index contributed by atoms with van der Waals surface area (Å²) in [6.45, 7) is 3.75. The summed E-state index contributed by atoms with van der Waals surface area (Å²) in [5.74, 6) is 0.628. The largest absolute Gasteiger partial charge is 0.482 e. The van der Waals surface area contributed by atoms with E-state index in [0.29, 0.717) is 0 Å². The van der Waals surface area contributed by atoms with Crippen LogP contribution in [0.3, 0.4) is 0 Å². The fourth-order valence-corrected chi connectivity index (χ4v) is 2.96. The van der Waals surface area contributed by atoms with Crippen LogP contribution in [0.25, 0.3) is 0 Å². The molecule has 1 amide bonds. The molecule has 1 aromatic heterocycles. The van der Waals surface area contributed by atoms with Gasteiger partial charge in [-0.25, -0.2) is 4.98 Å². The molecule has 0 aliphatic carbocycles. The predicted molar refractivity (Wildman–Crippen MR) is 82.8 cm³/mol. The Morgan fingerprint density at radius 1 is 1.48 bits per heavy atom. The van der Waals surface area contributed by atoms with Crippen molar-refractivity contribution in [2.75, 3.05) is 18.5 Å². The van der Waals surface area contributed by atoms with Crippen LogP contribution in [0.1, 0.15) is 16.3 Å². The lowest BCUT2D eigenvalue weighted by Crippen LogP contribution is -2.25. The molecule has 21 heavy (non-hydrogen) atoms. The second-order valence-corrected chi connectivity index (χ2v) is 5.92. The van der Waals surface area contributed by atoms with Crippen molar-refractivity contribution in [2.24, 2.45) is 0 Å². The maximum Gasteiger partial charge on any atom is 0.262 e. The molecule has 0 atom stereocenters. The number of fused-ring (bicyclic) bond motifs is 1. The van der Waals surface area contributed by atoms with E-state index in [-0.39, 0.29) is 12.5 Å². The molecule has 0 saturated heterocycles. The second-order valence-electron chi connectivity index (χ2n) is 4.98. The van der Waals surface area contributed by atoms with Crippen LogP contribution in [0, 0.1) is 6.92 Å². The zero-order valence-electron chi connectivity index (χ0n) is 11.8. The third-order valence-electron chi connectivity index (χ3n) is 3.19. The Morgan fingerprint density at radius 3 is 3.19 bits per heavy atom. The van der Waals surface area contributed by atoms with Crippen molar-refractivity contribution in [3.05, 3.63) is 39.8 Å². The first-order chi connectivity index (χ1) is 10.2. The summed E-state index contributed by atoms with van der Waals surface area (Å²) in [5.41, 5.74) is 2.95. The molecule has 0 unspecified atom stereocenters. The summed E-state index contributed by atoms with van der Waals surface area (Å²) in [4.78, 5) is 15.7. The minimum absolute atomic E-state index is 0.0951. The van der Waals surface area contributed by atoms with Gasteiger partial charge in [0.05, 0.1) is 10.7 Å². The maximum absolute atomic E-state index is 11.3. The van der Waals surface area contributed by atoms with Gasteiger partial charge in [0.1, 0.15) is 5.75 Å². The molecule has 2 N–H and O–H groups in total. The Balaban J connectivity index is 1.51. The number of rotatable bonds is 5. The zero-order valence-corrected chi connectivity index (χ0v) is 12.6.